The Hall–Kier alpha value is -2.29. The molecule has 0 radical (unpaired) electrons. The van der Waals surface area contributed by atoms with E-state index in [1.54, 1.807) is 30.0 Å². The fraction of sp³-hybridized carbons (Fsp3) is 0.593. The molecule has 1 aromatic rings. The Labute approximate surface area is 228 Å². The summed E-state index contributed by atoms with van der Waals surface area (Å²) in [5.74, 6) is -0.0657. The molecule has 1 N–H and O–H groups in total. The van der Waals surface area contributed by atoms with Crippen LogP contribution >= 0.6 is 23.2 Å². The van der Waals surface area contributed by atoms with Gasteiger partial charge in [0, 0.05) is 50.9 Å². The lowest BCUT2D eigenvalue weighted by molar-refractivity contribution is -0.139. The van der Waals surface area contributed by atoms with Gasteiger partial charge in [-0.2, -0.15) is 0 Å². The fourth-order valence-electron chi connectivity index (χ4n) is 5.63. The molecule has 4 rings (SSSR count). The van der Waals surface area contributed by atoms with Gasteiger partial charge < -0.3 is 15.0 Å². The highest BCUT2D eigenvalue weighted by Crippen LogP contribution is 2.38. The molecule has 37 heavy (non-hydrogen) atoms. The molecule has 1 saturated heterocycles. The van der Waals surface area contributed by atoms with Gasteiger partial charge in [0.1, 0.15) is 0 Å². The third-order valence-corrected chi connectivity index (χ3v) is 8.35. The molecule has 8 nitrogen and oxygen atoms in total. The molecule has 2 fully saturated rings. The average Bonchev–Trinajstić information content (AvgIpc) is 3.32. The number of hydrogen-bond acceptors (Lipinski definition) is 5. The minimum Gasteiger partial charge on any atom is -0.463 e. The van der Waals surface area contributed by atoms with Crippen LogP contribution < -0.4 is 5.32 Å². The summed E-state index contributed by atoms with van der Waals surface area (Å²) < 4.78 is 5.46. The molecule has 202 valence electrons. The molecule has 1 saturated carbocycles. The molecule has 3 amide bonds. The van der Waals surface area contributed by atoms with Crippen LogP contribution in [0.2, 0.25) is 10.0 Å². The number of urea groups is 1. The van der Waals surface area contributed by atoms with Crippen molar-refractivity contribution in [3.8, 4) is 0 Å². The molecule has 2 heterocycles. The van der Waals surface area contributed by atoms with Crippen molar-refractivity contribution < 1.29 is 19.1 Å². The predicted molar refractivity (Wildman–Crippen MR) is 143 cm³/mol. The van der Waals surface area contributed by atoms with Crippen LogP contribution in [0.3, 0.4) is 0 Å². The molecule has 0 spiro atoms. The van der Waals surface area contributed by atoms with E-state index in [0.29, 0.717) is 48.0 Å². The number of nitrogens with one attached hydrogen (secondary N) is 1. The minimum atomic E-state index is -0.789. The Balaban J connectivity index is 1.64. The summed E-state index contributed by atoms with van der Waals surface area (Å²) in [5.41, 5.74) is 1.50. The van der Waals surface area contributed by atoms with E-state index in [9.17, 15) is 14.4 Å². The van der Waals surface area contributed by atoms with Gasteiger partial charge in [0.15, 0.2) is 0 Å². The number of likely N-dealkylation sites (N-methyl/N-ethyl adjacent to an activating group) is 1. The number of amides is 3. The van der Waals surface area contributed by atoms with Crippen molar-refractivity contribution in [3.05, 3.63) is 45.1 Å². The van der Waals surface area contributed by atoms with Crippen LogP contribution in [0, 0.1) is 5.92 Å². The molecule has 1 atom stereocenters. The van der Waals surface area contributed by atoms with Gasteiger partial charge in [0.2, 0.25) is 5.91 Å². The summed E-state index contributed by atoms with van der Waals surface area (Å²) in [5, 5.41) is 3.57. The number of carbonyl (C=O) groups is 3. The van der Waals surface area contributed by atoms with E-state index in [2.05, 4.69) is 10.2 Å². The van der Waals surface area contributed by atoms with E-state index in [1.165, 1.54) is 0 Å². The van der Waals surface area contributed by atoms with Crippen LogP contribution in [0.1, 0.15) is 57.6 Å². The van der Waals surface area contributed by atoms with Crippen molar-refractivity contribution in [2.24, 2.45) is 5.92 Å². The number of benzene rings is 1. The minimum absolute atomic E-state index is 0.158. The average molecular weight is 552 g/mol. The maximum Gasteiger partial charge on any atom is 0.338 e. The third kappa shape index (κ3) is 6.07. The number of ether oxygens (including phenoxy) is 1. The Morgan fingerprint density at radius 2 is 1.81 bits per heavy atom. The summed E-state index contributed by atoms with van der Waals surface area (Å²) in [4.78, 5) is 45.4. The molecule has 3 aliphatic rings. The smallest absolute Gasteiger partial charge is 0.338 e. The Morgan fingerprint density at radius 3 is 2.51 bits per heavy atom. The number of esters is 1. The number of halogens is 2. The van der Waals surface area contributed by atoms with Gasteiger partial charge in [0.25, 0.3) is 0 Å². The van der Waals surface area contributed by atoms with E-state index in [-0.39, 0.29) is 29.5 Å². The van der Waals surface area contributed by atoms with Gasteiger partial charge in [0.05, 0.1) is 28.3 Å². The molecule has 0 bridgehead atoms. The normalized spacial score (nSPS) is 21.7. The lowest BCUT2D eigenvalue weighted by Gasteiger charge is -2.38. The van der Waals surface area contributed by atoms with Crippen molar-refractivity contribution >= 4 is 41.1 Å². The van der Waals surface area contributed by atoms with Gasteiger partial charge in [-0.05, 0) is 44.7 Å². The van der Waals surface area contributed by atoms with E-state index in [4.69, 9.17) is 27.9 Å². The largest absolute Gasteiger partial charge is 0.463 e. The fourth-order valence-corrected chi connectivity index (χ4v) is 6.04. The van der Waals surface area contributed by atoms with Crippen LogP contribution in [-0.2, 0) is 14.3 Å². The number of rotatable bonds is 7. The molecule has 0 aromatic heterocycles. The van der Waals surface area contributed by atoms with Crippen molar-refractivity contribution in [2.45, 2.75) is 52.0 Å². The van der Waals surface area contributed by atoms with Crippen molar-refractivity contribution in [2.75, 3.05) is 45.9 Å². The van der Waals surface area contributed by atoms with Gasteiger partial charge in [-0.15, -0.1) is 0 Å². The third-order valence-electron chi connectivity index (χ3n) is 7.52. The highest BCUT2D eigenvalue weighted by atomic mass is 35.5. The lowest BCUT2D eigenvalue weighted by Crippen LogP contribution is -2.51. The van der Waals surface area contributed by atoms with Gasteiger partial charge in [-0.25, -0.2) is 9.59 Å². The van der Waals surface area contributed by atoms with E-state index >= 15 is 0 Å². The monoisotopic (exact) mass is 550 g/mol. The molecule has 1 aliphatic carbocycles. The van der Waals surface area contributed by atoms with Crippen LogP contribution in [0.25, 0.3) is 0 Å². The second-order valence-electron chi connectivity index (χ2n) is 9.79. The van der Waals surface area contributed by atoms with Gasteiger partial charge in [-0.3, -0.25) is 14.6 Å². The Bertz CT molecular complexity index is 1060. The first kappa shape index (κ1) is 27.7. The summed E-state index contributed by atoms with van der Waals surface area (Å²) >= 11 is 12.8. The van der Waals surface area contributed by atoms with Crippen molar-refractivity contribution in [3.63, 3.8) is 0 Å². The molecule has 1 unspecified atom stereocenters. The maximum absolute atomic E-state index is 13.3. The lowest BCUT2D eigenvalue weighted by atomic mass is 9.94. The van der Waals surface area contributed by atoms with Gasteiger partial charge in [-0.1, -0.05) is 48.2 Å². The highest BCUT2D eigenvalue weighted by Gasteiger charge is 2.39. The van der Waals surface area contributed by atoms with Crippen LogP contribution in [0.4, 0.5) is 4.79 Å². The summed E-state index contributed by atoms with van der Waals surface area (Å²) in [6, 6.07) is 4.08. The molecule has 10 heteroatoms. The predicted octanol–water partition coefficient (Wildman–Crippen LogP) is 4.62. The first-order chi connectivity index (χ1) is 17.8. The summed E-state index contributed by atoms with van der Waals surface area (Å²) in [6.45, 7) is 7.40. The maximum atomic E-state index is 13.3. The zero-order valence-corrected chi connectivity index (χ0v) is 23.1. The first-order valence-corrected chi connectivity index (χ1v) is 14.0. The topological polar surface area (TPSA) is 82.2 Å². The summed E-state index contributed by atoms with van der Waals surface area (Å²) in [7, 11) is 0. The zero-order valence-electron chi connectivity index (χ0n) is 21.6. The zero-order chi connectivity index (χ0) is 26.5. The second-order valence-corrected chi connectivity index (χ2v) is 10.6. The standard InChI is InChI=1S/C27H36Cl2N4O4/c1-3-33-21(17-31-13-8-14-32(16-15-31)25(34)18-9-5-6-10-18)22(26(35)37-4-2)24(30-27(33)36)19-11-7-12-20(28)23(19)29/h7,11-12,18,24H,3-6,8-10,13-17H2,1-2H3,(H,30,36). The summed E-state index contributed by atoms with van der Waals surface area (Å²) in [6.07, 6.45) is 5.08. The van der Waals surface area contributed by atoms with Gasteiger partial charge >= 0.3 is 12.0 Å². The molecule has 1 aromatic carbocycles. The van der Waals surface area contributed by atoms with E-state index in [1.807, 2.05) is 11.8 Å². The van der Waals surface area contributed by atoms with Crippen molar-refractivity contribution in [1.29, 1.82) is 0 Å². The molecule has 2 aliphatic heterocycles. The Kier molecular flexibility index (Phi) is 9.37. The molecular formula is C27H36Cl2N4O4. The number of nitrogens with zero attached hydrogens (tertiary/aromatic N) is 3. The van der Waals surface area contributed by atoms with E-state index in [0.717, 1.165) is 45.2 Å². The SMILES string of the molecule is CCOC(=O)C1=C(CN2CCCN(C(=O)C3CCCC3)CC2)N(CC)C(=O)NC1c1cccc(Cl)c1Cl. The molecular weight excluding hydrogens is 515 g/mol. The highest BCUT2D eigenvalue weighted by molar-refractivity contribution is 6.42. The Morgan fingerprint density at radius 1 is 1.05 bits per heavy atom. The second kappa shape index (κ2) is 12.5. The first-order valence-electron chi connectivity index (χ1n) is 13.3. The van der Waals surface area contributed by atoms with Crippen molar-refractivity contribution in [1.82, 2.24) is 20.0 Å². The number of carbonyl (C=O) groups excluding carboxylic acids is 3. The van der Waals surface area contributed by atoms with Crippen LogP contribution in [0.5, 0.6) is 0 Å². The van der Waals surface area contributed by atoms with Crippen LogP contribution in [0.15, 0.2) is 29.5 Å². The quantitative estimate of drug-likeness (QED) is 0.501. The van der Waals surface area contributed by atoms with Crippen LogP contribution in [-0.4, -0.2) is 78.5 Å². The number of hydrogen-bond donors (Lipinski definition) is 1. The van der Waals surface area contributed by atoms with E-state index < -0.39 is 12.0 Å².